The lowest BCUT2D eigenvalue weighted by Gasteiger charge is -2.39. The van der Waals surface area contributed by atoms with Crippen LogP contribution in [0.5, 0.6) is 0 Å². The molecule has 1 aromatic heterocycles. The molecule has 1 aliphatic rings. The molecule has 3 unspecified atom stereocenters. The molecule has 3 atom stereocenters. The molecule has 140 valence electrons. The lowest BCUT2D eigenvalue weighted by Crippen LogP contribution is -2.49. The number of piperidine rings is 1. The van der Waals surface area contributed by atoms with Gasteiger partial charge < -0.3 is 14.8 Å². The van der Waals surface area contributed by atoms with Crippen LogP contribution in [0.3, 0.4) is 0 Å². The molecule has 0 bridgehead atoms. The van der Waals surface area contributed by atoms with Gasteiger partial charge in [-0.25, -0.2) is 4.98 Å². The molecule has 2 heterocycles. The van der Waals surface area contributed by atoms with Crippen LogP contribution in [0.1, 0.15) is 26.3 Å². The van der Waals surface area contributed by atoms with Crippen molar-refractivity contribution in [3.63, 3.8) is 0 Å². The maximum absolute atomic E-state index is 4.53. The average Bonchev–Trinajstić information content (AvgIpc) is 3.18. The van der Waals surface area contributed by atoms with Crippen LogP contribution in [-0.2, 0) is 0 Å². The highest BCUT2D eigenvalue weighted by molar-refractivity contribution is 8.00. The van der Waals surface area contributed by atoms with Crippen molar-refractivity contribution >= 4 is 17.7 Å². The van der Waals surface area contributed by atoms with Gasteiger partial charge in [0, 0.05) is 49.2 Å². The molecule has 0 saturated carbocycles. The van der Waals surface area contributed by atoms with Crippen molar-refractivity contribution in [1.82, 2.24) is 19.8 Å². The van der Waals surface area contributed by atoms with Crippen molar-refractivity contribution in [3.8, 4) is 0 Å². The second kappa shape index (κ2) is 9.12. The number of guanidine groups is 1. The van der Waals surface area contributed by atoms with Gasteiger partial charge in [0.2, 0.25) is 0 Å². The number of imidazole rings is 1. The van der Waals surface area contributed by atoms with Gasteiger partial charge in [-0.3, -0.25) is 4.99 Å². The summed E-state index contributed by atoms with van der Waals surface area (Å²) in [7, 11) is 1.88. The van der Waals surface area contributed by atoms with E-state index in [1.807, 2.05) is 31.3 Å². The van der Waals surface area contributed by atoms with Gasteiger partial charge in [0.05, 0.1) is 12.4 Å². The summed E-state index contributed by atoms with van der Waals surface area (Å²) in [6.45, 7) is 7.50. The van der Waals surface area contributed by atoms with Crippen LogP contribution in [0.4, 0.5) is 0 Å². The van der Waals surface area contributed by atoms with Crippen LogP contribution in [0, 0.1) is 5.92 Å². The standard InChI is InChI=1S/C20H29N5S/c1-16-9-11-24(14-19(16)25-12-10-22-15-25)20(21-3)23-13-17(2)26-18-7-5-4-6-8-18/h4-8,10,12,15-17,19H,9,11,13-14H2,1-3H3,(H,21,23). The van der Waals surface area contributed by atoms with Crippen LogP contribution >= 0.6 is 11.8 Å². The Bertz CT molecular complexity index is 685. The molecule has 0 spiro atoms. The summed E-state index contributed by atoms with van der Waals surface area (Å²) >= 11 is 1.89. The maximum atomic E-state index is 4.53. The van der Waals surface area contributed by atoms with Gasteiger partial charge in [0.25, 0.3) is 0 Å². The van der Waals surface area contributed by atoms with Crippen molar-refractivity contribution in [1.29, 1.82) is 0 Å². The molecule has 1 saturated heterocycles. The van der Waals surface area contributed by atoms with E-state index in [2.05, 4.69) is 75.1 Å². The Kier molecular flexibility index (Phi) is 6.61. The monoisotopic (exact) mass is 371 g/mol. The molecule has 1 fully saturated rings. The van der Waals surface area contributed by atoms with Crippen LogP contribution in [0.25, 0.3) is 0 Å². The molecule has 0 aliphatic carbocycles. The molecule has 0 amide bonds. The third kappa shape index (κ3) is 4.81. The Morgan fingerprint density at radius 2 is 2.19 bits per heavy atom. The number of hydrogen-bond donors (Lipinski definition) is 1. The summed E-state index contributed by atoms with van der Waals surface area (Å²) < 4.78 is 2.23. The van der Waals surface area contributed by atoms with Crippen molar-refractivity contribution < 1.29 is 0 Å². The number of nitrogens with one attached hydrogen (secondary N) is 1. The molecule has 1 N–H and O–H groups in total. The molecule has 26 heavy (non-hydrogen) atoms. The Labute approximate surface area is 160 Å². The zero-order valence-corrected chi connectivity index (χ0v) is 16.7. The van der Waals surface area contributed by atoms with Gasteiger partial charge in [-0.2, -0.15) is 0 Å². The lowest BCUT2D eigenvalue weighted by atomic mass is 9.93. The summed E-state index contributed by atoms with van der Waals surface area (Å²) in [4.78, 5) is 12.4. The highest BCUT2D eigenvalue weighted by atomic mass is 32.2. The Morgan fingerprint density at radius 3 is 2.88 bits per heavy atom. The normalized spacial score (nSPS) is 22.3. The molecule has 1 aromatic carbocycles. The largest absolute Gasteiger partial charge is 0.355 e. The van der Waals surface area contributed by atoms with E-state index in [4.69, 9.17) is 0 Å². The Balaban J connectivity index is 1.55. The first-order valence-electron chi connectivity index (χ1n) is 9.32. The minimum absolute atomic E-state index is 0.445. The van der Waals surface area contributed by atoms with E-state index in [1.165, 1.54) is 4.90 Å². The second-order valence-electron chi connectivity index (χ2n) is 6.96. The zero-order chi connectivity index (χ0) is 18.4. The number of likely N-dealkylation sites (tertiary alicyclic amines) is 1. The minimum atomic E-state index is 0.445. The predicted octanol–water partition coefficient (Wildman–Crippen LogP) is 3.52. The smallest absolute Gasteiger partial charge is 0.193 e. The molecular formula is C20H29N5S. The quantitative estimate of drug-likeness (QED) is 0.496. The average molecular weight is 372 g/mol. The van der Waals surface area contributed by atoms with Crippen molar-refractivity contribution in [2.45, 2.75) is 36.5 Å². The van der Waals surface area contributed by atoms with Crippen LogP contribution in [0.2, 0.25) is 0 Å². The summed E-state index contributed by atoms with van der Waals surface area (Å²) in [5.41, 5.74) is 0. The third-order valence-electron chi connectivity index (χ3n) is 4.97. The van der Waals surface area contributed by atoms with Gasteiger partial charge in [-0.05, 0) is 24.5 Å². The lowest BCUT2D eigenvalue weighted by molar-refractivity contribution is 0.189. The fourth-order valence-electron chi connectivity index (χ4n) is 3.44. The van der Waals surface area contributed by atoms with E-state index >= 15 is 0 Å². The van der Waals surface area contributed by atoms with E-state index < -0.39 is 0 Å². The van der Waals surface area contributed by atoms with E-state index in [9.17, 15) is 0 Å². The van der Waals surface area contributed by atoms with Crippen molar-refractivity contribution in [2.24, 2.45) is 10.9 Å². The van der Waals surface area contributed by atoms with Gasteiger partial charge in [0.15, 0.2) is 5.96 Å². The second-order valence-corrected chi connectivity index (χ2v) is 8.47. The minimum Gasteiger partial charge on any atom is -0.355 e. The fourth-order valence-corrected chi connectivity index (χ4v) is 4.38. The van der Waals surface area contributed by atoms with Crippen LogP contribution < -0.4 is 5.32 Å². The number of thioether (sulfide) groups is 1. The van der Waals surface area contributed by atoms with Gasteiger partial charge in [0.1, 0.15) is 0 Å². The summed E-state index contributed by atoms with van der Waals surface area (Å²) in [5.74, 6) is 1.65. The number of aromatic nitrogens is 2. The molecule has 3 rings (SSSR count). The maximum Gasteiger partial charge on any atom is 0.193 e. The topological polar surface area (TPSA) is 45.5 Å². The first kappa shape index (κ1) is 18.8. The number of nitrogens with zero attached hydrogens (tertiary/aromatic N) is 4. The van der Waals surface area contributed by atoms with Crippen LogP contribution in [0.15, 0.2) is 58.9 Å². The van der Waals surface area contributed by atoms with E-state index in [0.29, 0.717) is 17.2 Å². The zero-order valence-electron chi connectivity index (χ0n) is 15.9. The number of hydrogen-bond acceptors (Lipinski definition) is 3. The molecule has 6 heteroatoms. The highest BCUT2D eigenvalue weighted by Gasteiger charge is 2.28. The summed E-state index contributed by atoms with van der Waals surface area (Å²) in [6.07, 6.45) is 7.03. The molecule has 5 nitrogen and oxygen atoms in total. The highest BCUT2D eigenvalue weighted by Crippen LogP contribution is 2.27. The first-order valence-corrected chi connectivity index (χ1v) is 10.2. The van der Waals surface area contributed by atoms with E-state index in [0.717, 1.165) is 32.0 Å². The third-order valence-corrected chi connectivity index (χ3v) is 6.08. The first-order chi connectivity index (χ1) is 12.7. The summed E-state index contributed by atoms with van der Waals surface area (Å²) in [5, 5.41) is 4.04. The SMILES string of the molecule is CN=C(NCC(C)Sc1ccccc1)N1CCC(C)C(n2ccnc2)C1. The van der Waals surface area contributed by atoms with E-state index in [-0.39, 0.29) is 0 Å². The predicted molar refractivity (Wildman–Crippen MR) is 110 cm³/mol. The van der Waals surface area contributed by atoms with Gasteiger partial charge in [-0.15, -0.1) is 11.8 Å². The van der Waals surface area contributed by atoms with E-state index in [1.54, 1.807) is 0 Å². The molecule has 1 aliphatic heterocycles. The summed E-state index contributed by atoms with van der Waals surface area (Å²) in [6, 6.07) is 11.0. The van der Waals surface area contributed by atoms with Gasteiger partial charge >= 0.3 is 0 Å². The fraction of sp³-hybridized carbons (Fsp3) is 0.500. The Hall–Kier alpha value is -1.95. The van der Waals surface area contributed by atoms with Crippen molar-refractivity contribution in [2.75, 3.05) is 26.7 Å². The number of rotatable bonds is 5. The van der Waals surface area contributed by atoms with Gasteiger partial charge in [-0.1, -0.05) is 32.0 Å². The number of benzene rings is 1. The number of aliphatic imine (C=N–C) groups is 1. The van der Waals surface area contributed by atoms with Crippen molar-refractivity contribution in [3.05, 3.63) is 49.1 Å². The van der Waals surface area contributed by atoms with Crippen LogP contribution in [-0.4, -0.2) is 52.3 Å². The Morgan fingerprint density at radius 1 is 1.38 bits per heavy atom. The molecule has 2 aromatic rings. The molecular weight excluding hydrogens is 342 g/mol. The molecule has 0 radical (unpaired) electrons.